The van der Waals surface area contributed by atoms with Gasteiger partial charge in [0, 0.05) is 11.1 Å². The number of benzene rings is 3. The quantitative estimate of drug-likeness (QED) is 0.542. The normalized spacial score (nSPS) is 10.7. The van der Waals surface area contributed by atoms with E-state index in [1.54, 1.807) is 0 Å². The van der Waals surface area contributed by atoms with E-state index in [4.69, 9.17) is 10.5 Å². The van der Waals surface area contributed by atoms with Crippen LogP contribution in [0.25, 0.3) is 10.8 Å². The minimum absolute atomic E-state index is 0.325. The first-order valence-corrected chi connectivity index (χ1v) is 8.30. The van der Waals surface area contributed by atoms with Crippen LogP contribution in [0, 0.1) is 6.92 Å². The van der Waals surface area contributed by atoms with E-state index in [0.29, 0.717) is 23.1 Å². The summed E-state index contributed by atoms with van der Waals surface area (Å²) in [6, 6.07) is 21.9. The average molecular weight is 342 g/mol. The van der Waals surface area contributed by atoms with Crippen LogP contribution in [0.5, 0.6) is 11.6 Å². The van der Waals surface area contributed by atoms with Gasteiger partial charge in [-0.25, -0.2) is 4.98 Å². The molecule has 0 unspecified atom stereocenters. The van der Waals surface area contributed by atoms with Crippen LogP contribution in [-0.4, -0.2) is 9.97 Å². The van der Waals surface area contributed by atoms with Crippen LogP contribution in [0.2, 0.25) is 0 Å². The van der Waals surface area contributed by atoms with Gasteiger partial charge in [0.05, 0.1) is 0 Å². The fourth-order valence-electron chi connectivity index (χ4n) is 2.72. The van der Waals surface area contributed by atoms with Crippen molar-refractivity contribution in [3.05, 3.63) is 78.6 Å². The summed E-state index contributed by atoms with van der Waals surface area (Å²) in [5.41, 5.74) is 8.69. The topological polar surface area (TPSA) is 73.1 Å². The maximum Gasteiger partial charge on any atom is 0.248 e. The number of nitrogens with one attached hydrogen (secondary N) is 1. The van der Waals surface area contributed by atoms with Gasteiger partial charge in [0.15, 0.2) is 5.82 Å². The summed E-state index contributed by atoms with van der Waals surface area (Å²) < 4.78 is 6.00. The fourth-order valence-corrected chi connectivity index (χ4v) is 2.72. The lowest BCUT2D eigenvalue weighted by molar-refractivity contribution is 0.470. The highest BCUT2D eigenvalue weighted by Crippen LogP contribution is 2.34. The van der Waals surface area contributed by atoms with Gasteiger partial charge in [0.1, 0.15) is 17.8 Å². The molecule has 0 spiro atoms. The van der Waals surface area contributed by atoms with Crippen LogP contribution in [0.4, 0.5) is 17.2 Å². The van der Waals surface area contributed by atoms with Crippen molar-refractivity contribution in [2.45, 2.75) is 6.92 Å². The predicted octanol–water partition coefficient (Wildman–Crippen LogP) is 5.06. The average Bonchev–Trinajstić information content (AvgIpc) is 2.67. The second-order valence-corrected chi connectivity index (χ2v) is 6.01. The molecule has 1 aromatic heterocycles. The maximum absolute atomic E-state index is 6.24. The highest BCUT2D eigenvalue weighted by Gasteiger charge is 2.12. The van der Waals surface area contributed by atoms with Crippen LogP contribution < -0.4 is 15.8 Å². The van der Waals surface area contributed by atoms with Crippen molar-refractivity contribution in [1.29, 1.82) is 0 Å². The van der Waals surface area contributed by atoms with Gasteiger partial charge in [-0.15, -0.1) is 0 Å². The van der Waals surface area contributed by atoms with Crippen molar-refractivity contribution in [1.82, 2.24) is 9.97 Å². The first kappa shape index (κ1) is 15.9. The molecular formula is C21H18N4O. The fraction of sp³-hybridized carbons (Fsp3) is 0.0476. The number of hydrogen-bond acceptors (Lipinski definition) is 5. The summed E-state index contributed by atoms with van der Waals surface area (Å²) in [6.07, 6.45) is 1.44. The summed E-state index contributed by atoms with van der Waals surface area (Å²) in [5, 5.41) is 5.30. The molecule has 5 nitrogen and oxygen atoms in total. The minimum Gasteiger partial charge on any atom is -0.436 e. The third kappa shape index (κ3) is 3.15. The van der Waals surface area contributed by atoms with Gasteiger partial charge in [0.2, 0.25) is 5.88 Å². The number of hydrogen-bond donors (Lipinski definition) is 2. The SMILES string of the molecule is Cc1ccc(Nc2ncnc(Oc3cccc4ccccc34)c2N)cc1. The van der Waals surface area contributed by atoms with Crippen LogP contribution >= 0.6 is 0 Å². The molecule has 0 fully saturated rings. The van der Waals surface area contributed by atoms with E-state index in [0.717, 1.165) is 16.5 Å². The maximum atomic E-state index is 6.24. The molecule has 1 heterocycles. The van der Waals surface area contributed by atoms with Crippen LogP contribution in [0.1, 0.15) is 5.56 Å². The zero-order valence-corrected chi connectivity index (χ0v) is 14.3. The van der Waals surface area contributed by atoms with Gasteiger partial charge in [-0.1, -0.05) is 54.1 Å². The van der Waals surface area contributed by atoms with E-state index in [-0.39, 0.29) is 0 Å². The van der Waals surface area contributed by atoms with E-state index < -0.39 is 0 Å². The highest BCUT2D eigenvalue weighted by molar-refractivity contribution is 5.88. The molecule has 0 radical (unpaired) electrons. The lowest BCUT2D eigenvalue weighted by Crippen LogP contribution is -2.03. The molecule has 0 aliphatic rings. The first-order chi connectivity index (χ1) is 12.7. The number of nitrogens with two attached hydrogens (primary N) is 1. The number of aromatic nitrogens is 2. The molecule has 0 saturated heterocycles. The molecular weight excluding hydrogens is 324 g/mol. The second-order valence-electron chi connectivity index (χ2n) is 6.01. The molecule has 3 aromatic carbocycles. The minimum atomic E-state index is 0.325. The molecule has 3 N–H and O–H groups in total. The van der Waals surface area contributed by atoms with E-state index in [1.165, 1.54) is 11.9 Å². The monoisotopic (exact) mass is 342 g/mol. The summed E-state index contributed by atoms with van der Waals surface area (Å²) >= 11 is 0. The lowest BCUT2D eigenvalue weighted by atomic mass is 10.1. The molecule has 0 amide bonds. The first-order valence-electron chi connectivity index (χ1n) is 8.30. The van der Waals surface area contributed by atoms with Crippen molar-refractivity contribution >= 4 is 28.0 Å². The van der Waals surface area contributed by atoms with Crippen molar-refractivity contribution < 1.29 is 4.74 Å². The van der Waals surface area contributed by atoms with Crippen LogP contribution in [0.15, 0.2) is 73.1 Å². The number of nitrogen functional groups attached to an aromatic ring is 1. The lowest BCUT2D eigenvalue weighted by Gasteiger charge is -2.13. The summed E-state index contributed by atoms with van der Waals surface area (Å²) in [4.78, 5) is 8.43. The Balaban J connectivity index is 1.66. The van der Waals surface area contributed by atoms with Gasteiger partial charge in [0.25, 0.3) is 0 Å². The number of fused-ring (bicyclic) bond motifs is 1. The number of nitrogens with zero attached hydrogens (tertiary/aromatic N) is 2. The van der Waals surface area contributed by atoms with Gasteiger partial charge < -0.3 is 15.8 Å². The highest BCUT2D eigenvalue weighted by atomic mass is 16.5. The zero-order chi connectivity index (χ0) is 17.9. The standard InChI is InChI=1S/C21H18N4O/c1-14-9-11-16(12-10-14)25-20-19(22)21(24-13-23-20)26-18-8-4-6-15-5-2-3-7-17(15)18/h2-13H,22H2,1H3,(H,23,24,25). The zero-order valence-electron chi connectivity index (χ0n) is 14.3. The van der Waals surface area contributed by atoms with E-state index in [2.05, 4.69) is 15.3 Å². The molecule has 0 atom stereocenters. The van der Waals surface area contributed by atoms with Gasteiger partial charge >= 0.3 is 0 Å². The van der Waals surface area contributed by atoms with E-state index in [9.17, 15) is 0 Å². The Morgan fingerprint density at radius 3 is 2.50 bits per heavy atom. The molecule has 128 valence electrons. The predicted molar refractivity (Wildman–Crippen MR) is 105 cm³/mol. The molecule has 0 aliphatic heterocycles. The Hall–Kier alpha value is -3.60. The van der Waals surface area contributed by atoms with E-state index >= 15 is 0 Å². The Morgan fingerprint density at radius 1 is 0.885 bits per heavy atom. The molecule has 4 rings (SSSR count). The number of ether oxygens (including phenoxy) is 1. The van der Waals surface area contributed by atoms with Crippen molar-refractivity contribution in [3.8, 4) is 11.6 Å². The molecule has 4 aromatic rings. The largest absolute Gasteiger partial charge is 0.436 e. The number of aryl methyl sites for hydroxylation is 1. The summed E-state index contributed by atoms with van der Waals surface area (Å²) in [6.45, 7) is 2.04. The Bertz CT molecular complexity index is 1060. The smallest absolute Gasteiger partial charge is 0.248 e. The molecule has 0 bridgehead atoms. The Kier molecular flexibility index (Phi) is 4.11. The Labute approximate surface area is 151 Å². The van der Waals surface area contributed by atoms with Gasteiger partial charge in [-0.05, 0) is 30.5 Å². The summed E-state index contributed by atoms with van der Waals surface area (Å²) in [7, 11) is 0. The van der Waals surface area contributed by atoms with Crippen molar-refractivity contribution in [2.24, 2.45) is 0 Å². The molecule has 0 saturated carbocycles. The van der Waals surface area contributed by atoms with Gasteiger partial charge in [-0.2, -0.15) is 4.98 Å². The van der Waals surface area contributed by atoms with Crippen molar-refractivity contribution in [2.75, 3.05) is 11.1 Å². The molecule has 5 heteroatoms. The number of anilines is 3. The summed E-state index contributed by atoms with van der Waals surface area (Å²) in [5.74, 6) is 1.54. The van der Waals surface area contributed by atoms with Crippen molar-refractivity contribution in [3.63, 3.8) is 0 Å². The van der Waals surface area contributed by atoms with Crippen LogP contribution in [0.3, 0.4) is 0 Å². The third-order valence-electron chi connectivity index (χ3n) is 4.12. The molecule has 0 aliphatic carbocycles. The second kappa shape index (κ2) is 6.72. The van der Waals surface area contributed by atoms with Crippen LogP contribution in [-0.2, 0) is 0 Å². The van der Waals surface area contributed by atoms with Gasteiger partial charge in [-0.3, -0.25) is 0 Å². The number of rotatable bonds is 4. The van der Waals surface area contributed by atoms with E-state index in [1.807, 2.05) is 73.7 Å². The molecule has 26 heavy (non-hydrogen) atoms. The third-order valence-corrected chi connectivity index (χ3v) is 4.12. The Morgan fingerprint density at radius 2 is 1.65 bits per heavy atom.